The van der Waals surface area contributed by atoms with E-state index in [0.717, 1.165) is 57.1 Å². The average Bonchev–Trinajstić information content (AvgIpc) is 3.00. The number of nitrogens with zero attached hydrogens (tertiary/aromatic N) is 7. The van der Waals surface area contributed by atoms with Gasteiger partial charge in [0, 0.05) is 44.1 Å². The van der Waals surface area contributed by atoms with Crippen molar-refractivity contribution < 1.29 is 17.9 Å². The van der Waals surface area contributed by atoms with E-state index in [0.29, 0.717) is 24.8 Å². The zero-order valence-electron chi connectivity index (χ0n) is 27.4. The van der Waals surface area contributed by atoms with Gasteiger partial charge in [-0.1, -0.05) is 6.58 Å². The van der Waals surface area contributed by atoms with Crippen molar-refractivity contribution in [3.8, 4) is 11.4 Å². The molecule has 14 heteroatoms. The summed E-state index contributed by atoms with van der Waals surface area (Å²) in [4.78, 5) is 25.7. The lowest BCUT2D eigenvalue weighted by Crippen LogP contribution is -2.51. The Hall–Kier alpha value is -4.62. The maximum Gasteiger partial charge on any atom is 0.420 e. The highest BCUT2D eigenvalue weighted by Gasteiger charge is 2.37. The van der Waals surface area contributed by atoms with Crippen molar-refractivity contribution in [2.24, 2.45) is 0 Å². The monoisotopic (exact) mass is 652 g/mol. The highest BCUT2D eigenvalue weighted by molar-refractivity contribution is 5.82. The van der Waals surface area contributed by atoms with Gasteiger partial charge in [0.15, 0.2) is 17.5 Å². The van der Waals surface area contributed by atoms with Crippen molar-refractivity contribution in [3.63, 3.8) is 0 Å². The normalized spacial score (nSPS) is 16.8. The van der Waals surface area contributed by atoms with Crippen LogP contribution in [0.5, 0.6) is 0 Å². The Morgan fingerprint density at radius 1 is 0.957 bits per heavy atom. The lowest BCUT2D eigenvalue weighted by molar-refractivity contribution is -0.137. The van der Waals surface area contributed by atoms with Gasteiger partial charge in [-0.2, -0.15) is 13.2 Å². The molecule has 5 rings (SSSR count). The van der Waals surface area contributed by atoms with Crippen LogP contribution in [0.3, 0.4) is 0 Å². The van der Waals surface area contributed by atoms with Gasteiger partial charge in [0.1, 0.15) is 28.2 Å². The van der Waals surface area contributed by atoms with Gasteiger partial charge in [-0.25, -0.2) is 24.9 Å². The summed E-state index contributed by atoms with van der Waals surface area (Å²) in [5, 5.41) is 6.64. The molecule has 0 radical (unpaired) electrons. The highest BCUT2D eigenvalue weighted by Crippen LogP contribution is 2.37. The molecule has 5 heterocycles. The summed E-state index contributed by atoms with van der Waals surface area (Å²) < 4.78 is 48.2. The van der Waals surface area contributed by atoms with Crippen LogP contribution in [0.4, 0.5) is 36.4 Å². The zero-order chi connectivity index (χ0) is 34.0. The molecule has 0 aromatic carbocycles. The number of alkyl halides is 3. The summed E-state index contributed by atoms with van der Waals surface area (Å²) in [7, 11) is 0. The first-order valence-electron chi connectivity index (χ1n) is 15.8. The zero-order valence-corrected chi connectivity index (χ0v) is 27.4. The minimum atomic E-state index is -4.70. The molecule has 0 unspecified atom stereocenters. The highest BCUT2D eigenvalue weighted by atomic mass is 19.4. The van der Waals surface area contributed by atoms with Gasteiger partial charge in [-0.3, -0.25) is 0 Å². The molecule has 0 atom stereocenters. The fourth-order valence-electron chi connectivity index (χ4n) is 5.80. The third-order valence-corrected chi connectivity index (χ3v) is 8.18. The van der Waals surface area contributed by atoms with Crippen LogP contribution < -0.4 is 26.2 Å². The molecule has 2 fully saturated rings. The molecule has 3 aromatic rings. The largest absolute Gasteiger partial charge is 0.474 e. The molecular weight excluding hydrogens is 609 g/mol. The van der Waals surface area contributed by atoms with E-state index >= 15 is 0 Å². The lowest BCUT2D eigenvalue weighted by atomic mass is 9.89. The summed E-state index contributed by atoms with van der Waals surface area (Å²) in [6.07, 6.45) is 3.47. The standard InChI is InChI=1S/C33H43F3N10O/c1-21(41-29-25(11-10-14-38-29)45-17-12-32(6,13-18-45)44-22(2)47-31(3,4)5)26-28(37)39-20-24(42-26)27-23(33(34,35)36)19-40-30(43-27)46-15-8-7-9-16-46/h10-11,14,19-20,44H,1-2,7-9,12-13,15-18H2,3-6H3,(H2,37,39)(H,38,41). The van der Waals surface area contributed by atoms with Gasteiger partial charge in [-0.05, 0) is 78.5 Å². The van der Waals surface area contributed by atoms with Gasteiger partial charge in [0.05, 0.1) is 17.6 Å². The van der Waals surface area contributed by atoms with Crippen LogP contribution in [0, 0.1) is 0 Å². The quantitative estimate of drug-likeness (QED) is 0.227. The summed E-state index contributed by atoms with van der Waals surface area (Å²) >= 11 is 0. The van der Waals surface area contributed by atoms with Gasteiger partial charge in [0.2, 0.25) is 5.95 Å². The van der Waals surface area contributed by atoms with Crippen molar-refractivity contribution in [2.45, 2.75) is 77.1 Å². The second kappa shape index (κ2) is 13.2. The number of nitrogens with two attached hydrogens (primary N) is 1. The molecule has 0 bridgehead atoms. The van der Waals surface area contributed by atoms with Gasteiger partial charge in [0.25, 0.3) is 0 Å². The van der Waals surface area contributed by atoms with E-state index < -0.39 is 11.7 Å². The summed E-state index contributed by atoms with van der Waals surface area (Å²) in [6.45, 7) is 19.0. The number of nitrogen functional groups attached to an aromatic ring is 1. The first-order valence-corrected chi connectivity index (χ1v) is 15.8. The fraction of sp³-hybridized carbons (Fsp3) is 0.485. The molecule has 2 saturated heterocycles. The smallest absolute Gasteiger partial charge is 0.420 e. The van der Waals surface area contributed by atoms with Crippen molar-refractivity contribution >= 4 is 29.0 Å². The van der Waals surface area contributed by atoms with Crippen LogP contribution in [0.15, 0.2) is 49.8 Å². The van der Waals surface area contributed by atoms with Crippen molar-refractivity contribution in [2.75, 3.05) is 47.0 Å². The minimum Gasteiger partial charge on any atom is -0.474 e. The Morgan fingerprint density at radius 2 is 1.66 bits per heavy atom. The number of hydrogen-bond donors (Lipinski definition) is 3. The number of piperidine rings is 2. The molecule has 2 aliphatic heterocycles. The third kappa shape index (κ3) is 8.22. The third-order valence-electron chi connectivity index (χ3n) is 8.18. The number of aromatic nitrogens is 5. The Morgan fingerprint density at radius 3 is 2.32 bits per heavy atom. The first kappa shape index (κ1) is 33.7. The van der Waals surface area contributed by atoms with Crippen LogP contribution >= 0.6 is 0 Å². The van der Waals surface area contributed by atoms with E-state index in [1.165, 1.54) is 6.20 Å². The number of ether oxygens (including phenoxy) is 1. The molecule has 0 aliphatic carbocycles. The minimum absolute atomic E-state index is 0.000110. The lowest BCUT2D eigenvalue weighted by Gasteiger charge is -2.42. The number of anilines is 4. The fourth-order valence-corrected chi connectivity index (χ4v) is 5.80. The Balaban J connectivity index is 1.36. The van der Waals surface area contributed by atoms with E-state index in [1.54, 1.807) is 6.20 Å². The second-order valence-corrected chi connectivity index (χ2v) is 13.3. The number of nitrogens with one attached hydrogen (secondary N) is 2. The number of hydrogen-bond acceptors (Lipinski definition) is 11. The van der Waals surface area contributed by atoms with Gasteiger partial charge >= 0.3 is 6.18 Å². The van der Waals surface area contributed by atoms with E-state index in [4.69, 9.17) is 10.5 Å². The molecule has 11 nitrogen and oxygen atoms in total. The summed E-state index contributed by atoms with van der Waals surface area (Å²) in [6, 6.07) is 3.79. The van der Waals surface area contributed by atoms with Gasteiger partial charge < -0.3 is 30.9 Å². The Labute approximate surface area is 273 Å². The predicted octanol–water partition coefficient (Wildman–Crippen LogP) is 6.24. The van der Waals surface area contributed by atoms with E-state index in [2.05, 4.69) is 60.5 Å². The van der Waals surface area contributed by atoms with Crippen LogP contribution in [-0.2, 0) is 10.9 Å². The Bertz CT molecular complexity index is 1610. The predicted molar refractivity (Wildman–Crippen MR) is 178 cm³/mol. The molecule has 47 heavy (non-hydrogen) atoms. The maximum absolute atomic E-state index is 14.1. The number of rotatable bonds is 9. The first-order chi connectivity index (χ1) is 22.1. The second-order valence-electron chi connectivity index (χ2n) is 13.3. The maximum atomic E-state index is 14.1. The summed E-state index contributed by atoms with van der Waals surface area (Å²) in [5.74, 6) is 1.27. The topological polar surface area (TPSA) is 130 Å². The SMILES string of the molecule is C=C(NC1(C)CCN(c2cccnc2NC(=C)c2nc(-c3nc(N4CCCCC4)ncc3C(F)(F)F)cnc2N)CC1)OC(C)(C)C. The van der Waals surface area contributed by atoms with E-state index in [9.17, 15) is 13.2 Å². The molecule has 0 saturated carbocycles. The van der Waals surface area contributed by atoms with Gasteiger partial charge in [-0.15, -0.1) is 0 Å². The van der Waals surface area contributed by atoms with E-state index in [-0.39, 0.29) is 45.7 Å². The summed E-state index contributed by atoms with van der Waals surface area (Å²) in [5.41, 5.74) is 5.34. The average molecular weight is 653 g/mol. The molecule has 0 amide bonds. The molecule has 2 aliphatic rings. The van der Waals surface area contributed by atoms with Crippen molar-refractivity contribution in [3.05, 3.63) is 61.0 Å². The molecule has 4 N–H and O–H groups in total. The van der Waals surface area contributed by atoms with Crippen LogP contribution in [0.25, 0.3) is 17.1 Å². The molecule has 252 valence electrons. The number of pyridine rings is 1. The Kier molecular flexibility index (Phi) is 9.51. The van der Waals surface area contributed by atoms with Crippen LogP contribution in [-0.4, -0.2) is 62.2 Å². The van der Waals surface area contributed by atoms with Crippen molar-refractivity contribution in [1.29, 1.82) is 0 Å². The van der Waals surface area contributed by atoms with Crippen LogP contribution in [0.2, 0.25) is 0 Å². The molecular formula is C33H43F3N10O. The van der Waals surface area contributed by atoms with E-state index in [1.807, 2.05) is 37.8 Å². The molecule has 3 aromatic heterocycles. The molecule has 0 spiro atoms. The number of halogens is 3. The van der Waals surface area contributed by atoms with Crippen molar-refractivity contribution in [1.82, 2.24) is 30.2 Å². The van der Waals surface area contributed by atoms with Crippen LogP contribution in [0.1, 0.15) is 71.1 Å².